The molecule has 5 nitrogen and oxygen atoms in total. The Morgan fingerprint density at radius 1 is 1.50 bits per heavy atom. The van der Waals surface area contributed by atoms with E-state index in [0.29, 0.717) is 11.8 Å². The third-order valence-electron chi connectivity index (χ3n) is 3.32. The quantitative estimate of drug-likeness (QED) is 0.843. The van der Waals surface area contributed by atoms with Crippen LogP contribution in [0.4, 0.5) is 5.95 Å². The number of nitrogens with one attached hydrogen (secondary N) is 1. The van der Waals surface area contributed by atoms with Crippen LogP contribution in [0.5, 0.6) is 0 Å². The van der Waals surface area contributed by atoms with Crippen LogP contribution in [0, 0.1) is 0 Å². The molecule has 0 saturated carbocycles. The van der Waals surface area contributed by atoms with Crippen molar-refractivity contribution < 1.29 is 4.52 Å². The smallest absolute Gasteiger partial charge is 0.265 e. The topological polar surface area (TPSA) is 54.2 Å². The van der Waals surface area contributed by atoms with Gasteiger partial charge in [-0.1, -0.05) is 0 Å². The molecule has 0 radical (unpaired) electrons. The van der Waals surface area contributed by atoms with Gasteiger partial charge in [-0.15, -0.1) is 0 Å². The Balaban J connectivity index is 2.17. The minimum atomic E-state index is -0.141. The van der Waals surface area contributed by atoms with Crippen LogP contribution in [0.25, 0.3) is 0 Å². The molecule has 0 bridgehead atoms. The third kappa shape index (κ3) is 2.04. The summed E-state index contributed by atoms with van der Waals surface area (Å²) in [4.78, 5) is 6.43. The van der Waals surface area contributed by atoms with E-state index in [-0.39, 0.29) is 5.54 Å². The van der Waals surface area contributed by atoms with Gasteiger partial charge in [0.25, 0.3) is 5.95 Å². The number of hydrogen-bond donors (Lipinski definition) is 1. The summed E-state index contributed by atoms with van der Waals surface area (Å²) in [5.41, 5.74) is -0.141. The summed E-state index contributed by atoms with van der Waals surface area (Å²) in [6, 6.07) is 0. The fourth-order valence-electron chi connectivity index (χ4n) is 1.98. The number of piperidine rings is 1. The molecule has 2 rings (SSSR count). The standard InChI is InChI=1S/C11H20N4O/c1-4-15(3)10-13-9(16-14-10)11(2)7-5-6-8-12-11/h12H,4-8H2,1-3H3. The van der Waals surface area contributed by atoms with Crippen LogP contribution >= 0.6 is 0 Å². The van der Waals surface area contributed by atoms with Crippen molar-refractivity contribution in [1.82, 2.24) is 15.5 Å². The van der Waals surface area contributed by atoms with Crippen LogP contribution in [0.2, 0.25) is 0 Å². The van der Waals surface area contributed by atoms with E-state index in [0.717, 1.165) is 19.5 Å². The van der Waals surface area contributed by atoms with Gasteiger partial charge in [0.15, 0.2) is 0 Å². The zero-order chi connectivity index (χ0) is 11.6. The highest BCUT2D eigenvalue weighted by molar-refractivity contribution is 5.26. The lowest BCUT2D eigenvalue weighted by Gasteiger charge is -2.31. The molecule has 2 heterocycles. The van der Waals surface area contributed by atoms with E-state index < -0.39 is 0 Å². The van der Waals surface area contributed by atoms with E-state index in [4.69, 9.17) is 4.52 Å². The summed E-state index contributed by atoms with van der Waals surface area (Å²) in [7, 11) is 1.96. The number of rotatable bonds is 3. The first-order valence-corrected chi connectivity index (χ1v) is 5.96. The Bertz CT molecular complexity index is 344. The van der Waals surface area contributed by atoms with Gasteiger partial charge in [-0.2, -0.15) is 4.98 Å². The minimum absolute atomic E-state index is 0.141. The van der Waals surface area contributed by atoms with Gasteiger partial charge in [0.05, 0.1) is 5.54 Å². The van der Waals surface area contributed by atoms with Crippen LogP contribution < -0.4 is 10.2 Å². The average Bonchev–Trinajstić information content (AvgIpc) is 2.79. The van der Waals surface area contributed by atoms with Crippen molar-refractivity contribution in [2.75, 3.05) is 25.0 Å². The van der Waals surface area contributed by atoms with Crippen LogP contribution in [-0.4, -0.2) is 30.3 Å². The maximum absolute atomic E-state index is 5.36. The molecule has 1 aliphatic heterocycles. The monoisotopic (exact) mass is 224 g/mol. The highest BCUT2D eigenvalue weighted by Gasteiger charge is 2.34. The molecule has 1 aromatic rings. The third-order valence-corrected chi connectivity index (χ3v) is 3.32. The van der Waals surface area contributed by atoms with E-state index in [1.54, 1.807) is 0 Å². The lowest BCUT2D eigenvalue weighted by atomic mass is 9.91. The average molecular weight is 224 g/mol. The Morgan fingerprint density at radius 3 is 2.94 bits per heavy atom. The molecule has 0 spiro atoms. The van der Waals surface area contributed by atoms with E-state index in [2.05, 4.69) is 29.3 Å². The first-order valence-electron chi connectivity index (χ1n) is 5.96. The number of anilines is 1. The normalized spacial score (nSPS) is 25.7. The molecule has 1 aromatic heterocycles. The molecule has 90 valence electrons. The summed E-state index contributed by atoms with van der Waals surface area (Å²) >= 11 is 0. The molecule has 1 unspecified atom stereocenters. The van der Waals surface area contributed by atoms with Crippen molar-refractivity contribution in [1.29, 1.82) is 0 Å². The zero-order valence-electron chi connectivity index (χ0n) is 10.3. The van der Waals surface area contributed by atoms with Crippen molar-refractivity contribution in [3.8, 4) is 0 Å². The van der Waals surface area contributed by atoms with Gasteiger partial charge >= 0.3 is 0 Å². The van der Waals surface area contributed by atoms with Crippen LogP contribution in [0.3, 0.4) is 0 Å². The van der Waals surface area contributed by atoms with Gasteiger partial charge in [-0.05, 0) is 44.8 Å². The van der Waals surface area contributed by atoms with E-state index in [9.17, 15) is 0 Å². The SMILES string of the molecule is CCN(C)c1noc(C2(C)CCCCN2)n1. The van der Waals surface area contributed by atoms with Crippen molar-refractivity contribution in [2.24, 2.45) is 0 Å². The maximum Gasteiger partial charge on any atom is 0.265 e. The fraction of sp³-hybridized carbons (Fsp3) is 0.818. The summed E-state index contributed by atoms with van der Waals surface area (Å²) in [6.45, 7) is 6.10. The second kappa shape index (κ2) is 4.41. The minimum Gasteiger partial charge on any atom is -0.342 e. The summed E-state index contributed by atoms with van der Waals surface area (Å²) < 4.78 is 5.36. The van der Waals surface area contributed by atoms with Crippen molar-refractivity contribution >= 4 is 5.95 Å². The molecule has 1 N–H and O–H groups in total. The van der Waals surface area contributed by atoms with Gasteiger partial charge in [0.1, 0.15) is 0 Å². The number of nitrogens with zero attached hydrogens (tertiary/aromatic N) is 3. The molecule has 1 fully saturated rings. The summed E-state index contributed by atoms with van der Waals surface area (Å²) in [5, 5.41) is 7.47. The lowest BCUT2D eigenvalue weighted by molar-refractivity contribution is 0.207. The number of hydrogen-bond acceptors (Lipinski definition) is 5. The summed E-state index contributed by atoms with van der Waals surface area (Å²) in [6.07, 6.45) is 3.50. The Hall–Kier alpha value is -1.10. The molecule has 1 aliphatic rings. The molecule has 5 heteroatoms. The largest absolute Gasteiger partial charge is 0.342 e. The Labute approximate surface area is 96.2 Å². The molecule has 1 saturated heterocycles. The van der Waals surface area contributed by atoms with Gasteiger partial charge in [-0.3, -0.25) is 0 Å². The van der Waals surface area contributed by atoms with Gasteiger partial charge in [0.2, 0.25) is 5.89 Å². The van der Waals surface area contributed by atoms with Crippen molar-refractivity contribution in [3.63, 3.8) is 0 Å². The van der Waals surface area contributed by atoms with Crippen LogP contribution in [-0.2, 0) is 5.54 Å². The summed E-state index contributed by atoms with van der Waals surface area (Å²) in [5.74, 6) is 1.38. The first-order chi connectivity index (χ1) is 7.65. The molecular weight excluding hydrogens is 204 g/mol. The van der Waals surface area contributed by atoms with E-state index >= 15 is 0 Å². The molecule has 1 atom stereocenters. The van der Waals surface area contributed by atoms with E-state index in [1.807, 2.05) is 11.9 Å². The second-order valence-electron chi connectivity index (χ2n) is 4.63. The molecule has 0 aliphatic carbocycles. The van der Waals surface area contributed by atoms with Crippen LogP contribution in [0.1, 0.15) is 39.0 Å². The highest BCUT2D eigenvalue weighted by atomic mass is 16.5. The highest BCUT2D eigenvalue weighted by Crippen LogP contribution is 2.29. The number of aromatic nitrogens is 2. The van der Waals surface area contributed by atoms with E-state index in [1.165, 1.54) is 12.8 Å². The zero-order valence-corrected chi connectivity index (χ0v) is 10.3. The van der Waals surface area contributed by atoms with Gasteiger partial charge in [0, 0.05) is 13.6 Å². The van der Waals surface area contributed by atoms with Crippen LogP contribution in [0.15, 0.2) is 4.52 Å². The molecule has 0 amide bonds. The molecular formula is C11H20N4O. The van der Waals surface area contributed by atoms with Gasteiger partial charge in [-0.25, -0.2) is 0 Å². The predicted octanol–water partition coefficient (Wildman–Crippen LogP) is 1.51. The maximum atomic E-state index is 5.36. The Morgan fingerprint density at radius 2 is 2.31 bits per heavy atom. The van der Waals surface area contributed by atoms with Crippen molar-refractivity contribution in [3.05, 3.63) is 5.89 Å². The molecule has 0 aromatic carbocycles. The molecule has 16 heavy (non-hydrogen) atoms. The second-order valence-corrected chi connectivity index (χ2v) is 4.63. The Kier molecular flexibility index (Phi) is 3.14. The fourth-order valence-corrected chi connectivity index (χ4v) is 1.98. The lowest BCUT2D eigenvalue weighted by Crippen LogP contribution is -2.43. The predicted molar refractivity (Wildman–Crippen MR) is 62.4 cm³/mol. The first kappa shape index (κ1) is 11.4. The van der Waals surface area contributed by atoms with Gasteiger partial charge < -0.3 is 14.7 Å². The van der Waals surface area contributed by atoms with Crippen molar-refractivity contribution in [2.45, 2.75) is 38.6 Å².